The molecule has 0 N–H and O–H groups in total. The molecule has 0 bridgehead atoms. The van der Waals surface area contributed by atoms with E-state index >= 15 is 0 Å². The Morgan fingerprint density at radius 3 is 2.69 bits per heavy atom. The number of thiophene rings is 1. The second-order valence-electron chi connectivity index (χ2n) is 2.87. The fourth-order valence-corrected chi connectivity index (χ4v) is 2.24. The van der Waals surface area contributed by atoms with Crippen molar-refractivity contribution in [2.24, 2.45) is 0 Å². The molecule has 0 saturated carbocycles. The van der Waals surface area contributed by atoms with Crippen molar-refractivity contribution in [2.45, 2.75) is 27.2 Å². The van der Waals surface area contributed by atoms with Crippen molar-refractivity contribution in [3.63, 3.8) is 0 Å². The van der Waals surface area contributed by atoms with Gasteiger partial charge in [-0.3, -0.25) is 0 Å². The molecule has 0 fully saturated rings. The molecule has 1 heterocycles. The van der Waals surface area contributed by atoms with Crippen LogP contribution in [0, 0.1) is 0 Å². The fraction of sp³-hybridized carbons (Fsp3) is 0.333. The minimum absolute atomic E-state index is 1.13. The molecule has 70 valence electrons. The van der Waals surface area contributed by atoms with Crippen LogP contribution in [0.15, 0.2) is 18.2 Å². The van der Waals surface area contributed by atoms with Gasteiger partial charge in [0, 0.05) is 9.41 Å². The maximum absolute atomic E-state index is 2.28. The summed E-state index contributed by atoms with van der Waals surface area (Å²) in [7, 11) is 0. The molecule has 1 aromatic rings. The zero-order valence-corrected chi connectivity index (χ0v) is 9.32. The average molecular weight is 192 g/mol. The topological polar surface area (TPSA) is 0 Å². The number of hydrogen-bond donors (Lipinski definition) is 0. The SMILES string of the molecule is C/C=c1/cc(CC)s/c1=C/C=C/C. The first-order chi connectivity index (χ1) is 6.31. The van der Waals surface area contributed by atoms with Crippen LogP contribution in [-0.2, 0) is 6.42 Å². The van der Waals surface area contributed by atoms with Gasteiger partial charge in [0.15, 0.2) is 0 Å². The van der Waals surface area contributed by atoms with Crippen molar-refractivity contribution >= 4 is 23.5 Å². The molecule has 1 rings (SSSR count). The molecule has 0 unspecified atom stereocenters. The van der Waals surface area contributed by atoms with Crippen LogP contribution in [0.1, 0.15) is 25.6 Å². The van der Waals surface area contributed by atoms with E-state index in [9.17, 15) is 0 Å². The van der Waals surface area contributed by atoms with Crippen LogP contribution in [0.2, 0.25) is 0 Å². The first-order valence-corrected chi connectivity index (χ1v) is 5.51. The summed E-state index contributed by atoms with van der Waals surface area (Å²) >= 11 is 1.89. The fourth-order valence-electron chi connectivity index (χ4n) is 1.19. The Morgan fingerprint density at radius 2 is 2.15 bits per heavy atom. The Hall–Kier alpha value is -0.820. The van der Waals surface area contributed by atoms with Crippen molar-refractivity contribution in [1.29, 1.82) is 0 Å². The zero-order chi connectivity index (χ0) is 9.68. The van der Waals surface area contributed by atoms with Crippen LogP contribution in [0.5, 0.6) is 0 Å². The largest absolute Gasteiger partial charge is 0.140 e. The molecule has 1 heteroatoms. The molecule has 0 aromatic carbocycles. The maximum atomic E-state index is 2.28. The van der Waals surface area contributed by atoms with E-state index in [0.717, 1.165) is 6.42 Å². The van der Waals surface area contributed by atoms with E-state index in [1.807, 2.05) is 18.3 Å². The Morgan fingerprint density at radius 1 is 1.38 bits per heavy atom. The molecule has 0 aliphatic carbocycles. The van der Waals surface area contributed by atoms with E-state index in [1.165, 1.54) is 14.6 Å². The predicted octanol–water partition coefficient (Wildman–Crippen LogP) is 2.47. The van der Waals surface area contributed by atoms with Crippen LogP contribution in [-0.4, -0.2) is 0 Å². The van der Waals surface area contributed by atoms with Gasteiger partial charge in [-0.15, -0.1) is 11.3 Å². The highest BCUT2D eigenvalue weighted by atomic mass is 32.1. The smallest absolute Gasteiger partial charge is 0.0342 e. The lowest BCUT2D eigenvalue weighted by molar-refractivity contribution is 1.18. The van der Waals surface area contributed by atoms with E-state index in [-0.39, 0.29) is 0 Å². The zero-order valence-electron chi connectivity index (χ0n) is 8.50. The molecule has 0 aliphatic heterocycles. The Balaban J connectivity index is 3.28. The van der Waals surface area contributed by atoms with Gasteiger partial charge in [0.2, 0.25) is 0 Å². The lowest BCUT2D eigenvalue weighted by atomic mass is 10.3. The third-order valence-corrected chi connectivity index (χ3v) is 3.20. The van der Waals surface area contributed by atoms with Gasteiger partial charge in [-0.2, -0.15) is 0 Å². The highest BCUT2D eigenvalue weighted by Crippen LogP contribution is 1.99. The highest BCUT2D eigenvalue weighted by Gasteiger charge is 1.92. The van der Waals surface area contributed by atoms with E-state index in [0.29, 0.717) is 0 Å². The Kier molecular flexibility index (Phi) is 3.97. The first kappa shape index (κ1) is 10.3. The minimum Gasteiger partial charge on any atom is -0.140 e. The number of aryl methyl sites for hydroxylation is 1. The highest BCUT2D eigenvalue weighted by molar-refractivity contribution is 7.09. The van der Waals surface area contributed by atoms with Gasteiger partial charge in [0.05, 0.1) is 0 Å². The lowest BCUT2D eigenvalue weighted by Gasteiger charge is -1.79. The number of hydrogen-bond acceptors (Lipinski definition) is 1. The molecule has 0 amide bonds. The molecule has 0 spiro atoms. The van der Waals surface area contributed by atoms with Crippen LogP contribution >= 0.6 is 11.3 Å². The third kappa shape index (κ3) is 2.56. The summed E-state index contributed by atoms with van der Waals surface area (Å²) in [6.07, 6.45) is 9.64. The third-order valence-electron chi connectivity index (χ3n) is 1.94. The van der Waals surface area contributed by atoms with Crippen LogP contribution in [0.25, 0.3) is 12.2 Å². The number of rotatable bonds is 2. The van der Waals surface area contributed by atoms with Gasteiger partial charge in [-0.25, -0.2) is 0 Å². The van der Waals surface area contributed by atoms with Gasteiger partial charge in [0.1, 0.15) is 0 Å². The summed E-state index contributed by atoms with van der Waals surface area (Å²) < 4.78 is 1.37. The Labute approximate surface area is 83.9 Å². The standard InChI is InChI=1S/C12H16S/c1-4-7-8-12-10(5-2)9-11(6-3)13-12/h4-5,7-9H,6H2,1-3H3/b7-4+,10-5-,12-8+. The summed E-state index contributed by atoms with van der Waals surface area (Å²) in [5, 5.41) is 1.36. The van der Waals surface area contributed by atoms with Crippen LogP contribution in [0.4, 0.5) is 0 Å². The van der Waals surface area contributed by atoms with Gasteiger partial charge >= 0.3 is 0 Å². The van der Waals surface area contributed by atoms with Crippen molar-refractivity contribution in [3.05, 3.63) is 32.8 Å². The van der Waals surface area contributed by atoms with Gasteiger partial charge in [0.25, 0.3) is 0 Å². The second-order valence-corrected chi connectivity index (χ2v) is 4.04. The Bertz CT molecular complexity index is 393. The first-order valence-electron chi connectivity index (χ1n) is 4.69. The molecule has 0 nitrogen and oxygen atoms in total. The van der Waals surface area contributed by atoms with E-state index < -0.39 is 0 Å². The average Bonchev–Trinajstić information content (AvgIpc) is 2.57. The van der Waals surface area contributed by atoms with Gasteiger partial charge in [-0.05, 0) is 37.6 Å². The summed E-state index contributed by atoms with van der Waals surface area (Å²) in [5.41, 5.74) is 0. The number of allylic oxidation sites excluding steroid dienone is 2. The van der Waals surface area contributed by atoms with Crippen molar-refractivity contribution in [3.8, 4) is 0 Å². The minimum atomic E-state index is 1.13. The van der Waals surface area contributed by atoms with Gasteiger partial charge < -0.3 is 0 Å². The molecule has 1 aromatic heterocycles. The van der Waals surface area contributed by atoms with Crippen molar-refractivity contribution < 1.29 is 0 Å². The molecular formula is C12H16S. The normalized spacial score (nSPS) is 14.7. The second kappa shape index (κ2) is 5.03. The van der Waals surface area contributed by atoms with Crippen molar-refractivity contribution in [1.82, 2.24) is 0 Å². The molecule has 0 saturated heterocycles. The summed E-state index contributed by atoms with van der Waals surface area (Å²) in [6.45, 7) is 6.33. The summed E-state index contributed by atoms with van der Waals surface area (Å²) in [5.74, 6) is 0. The predicted molar refractivity (Wildman–Crippen MR) is 62.4 cm³/mol. The quantitative estimate of drug-likeness (QED) is 0.675. The lowest BCUT2D eigenvalue weighted by Crippen LogP contribution is -2.16. The van der Waals surface area contributed by atoms with Crippen LogP contribution in [0.3, 0.4) is 0 Å². The molecule has 0 radical (unpaired) electrons. The van der Waals surface area contributed by atoms with Crippen LogP contribution < -0.4 is 9.75 Å². The maximum Gasteiger partial charge on any atom is 0.0342 e. The molecule has 0 atom stereocenters. The monoisotopic (exact) mass is 192 g/mol. The van der Waals surface area contributed by atoms with E-state index in [4.69, 9.17) is 0 Å². The summed E-state index contributed by atoms with van der Waals surface area (Å²) in [4.78, 5) is 1.46. The molecule has 13 heavy (non-hydrogen) atoms. The van der Waals surface area contributed by atoms with Gasteiger partial charge in [-0.1, -0.05) is 25.2 Å². The summed E-state index contributed by atoms with van der Waals surface area (Å²) in [6, 6.07) is 2.28. The van der Waals surface area contributed by atoms with E-state index in [2.05, 4.69) is 44.2 Å². The molecule has 0 aliphatic rings. The van der Waals surface area contributed by atoms with Crippen molar-refractivity contribution in [2.75, 3.05) is 0 Å². The molecular weight excluding hydrogens is 176 g/mol. The van der Waals surface area contributed by atoms with E-state index in [1.54, 1.807) is 0 Å².